The predicted octanol–water partition coefficient (Wildman–Crippen LogP) is 2.04. The van der Waals surface area contributed by atoms with E-state index in [1.807, 2.05) is 6.07 Å². The zero-order valence-electron chi connectivity index (χ0n) is 11.3. The van der Waals surface area contributed by atoms with E-state index in [0.29, 0.717) is 10.7 Å². The summed E-state index contributed by atoms with van der Waals surface area (Å²) in [6.45, 7) is 2.02. The fraction of sp³-hybridized carbons (Fsp3) is 0.429. The number of aromatic nitrogens is 2. The number of hydrogen-bond donors (Lipinski definition) is 2. The van der Waals surface area contributed by atoms with Crippen molar-refractivity contribution in [2.45, 2.75) is 18.9 Å². The molecule has 0 bridgehead atoms. The molecule has 0 aliphatic carbocycles. The Labute approximate surface area is 122 Å². The minimum atomic E-state index is -0.131. The van der Waals surface area contributed by atoms with E-state index in [0.717, 1.165) is 36.8 Å². The van der Waals surface area contributed by atoms with Gasteiger partial charge in [-0.15, -0.1) is 0 Å². The summed E-state index contributed by atoms with van der Waals surface area (Å²) in [6.07, 6.45) is 1.96. The second-order valence-corrected chi connectivity index (χ2v) is 5.75. The van der Waals surface area contributed by atoms with Crippen LogP contribution < -0.4 is 5.32 Å². The quantitative estimate of drug-likeness (QED) is 0.890. The van der Waals surface area contributed by atoms with Gasteiger partial charge in [-0.1, -0.05) is 11.6 Å². The second-order valence-electron chi connectivity index (χ2n) is 5.31. The fourth-order valence-corrected chi connectivity index (χ4v) is 2.74. The maximum absolute atomic E-state index is 12.3. The molecule has 1 saturated heterocycles. The van der Waals surface area contributed by atoms with Crippen LogP contribution in [0.25, 0.3) is 10.9 Å². The number of likely N-dealkylation sites (tertiary alicyclic amines) is 1. The Morgan fingerprint density at radius 2 is 2.20 bits per heavy atom. The van der Waals surface area contributed by atoms with Gasteiger partial charge in [0.1, 0.15) is 0 Å². The highest BCUT2D eigenvalue weighted by atomic mass is 35.5. The van der Waals surface area contributed by atoms with Crippen LogP contribution in [0.15, 0.2) is 18.2 Å². The molecule has 2 N–H and O–H groups in total. The smallest absolute Gasteiger partial charge is 0.272 e. The normalized spacial score (nSPS) is 17.5. The Kier molecular flexibility index (Phi) is 3.63. The number of hydrogen-bond acceptors (Lipinski definition) is 3. The van der Waals surface area contributed by atoms with Crippen LogP contribution in [0, 0.1) is 0 Å². The molecule has 0 unspecified atom stereocenters. The Morgan fingerprint density at radius 1 is 1.45 bits per heavy atom. The van der Waals surface area contributed by atoms with E-state index < -0.39 is 0 Å². The molecule has 1 aromatic heterocycles. The van der Waals surface area contributed by atoms with Gasteiger partial charge in [0.05, 0.1) is 5.52 Å². The van der Waals surface area contributed by atoms with Gasteiger partial charge in [0.2, 0.25) is 0 Å². The number of H-pyrrole nitrogens is 1. The van der Waals surface area contributed by atoms with Crippen molar-refractivity contribution in [2.75, 3.05) is 20.1 Å². The van der Waals surface area contributed by atoms with Gasteiger partial charge >= 0.3 is 0 Å². The number of fused-ring (bicyclic) bond motifs is 1. The molecule has 20 heavy (non-hydrogen) atoms. The van der Waals surface area contributed by atoms with E-state index >= 15 is 0 Å². The zero-order chi connectivity index (χ0) is 14.1. The number of carbonyl (C=O) groups excluding carboxylic acids is 1. The zero-order valence-corrected chi connectivity index (χ0v) is 12.1. The minimum absolute atomic E-state index is 0.131. The number of amides is 1. The Balaban J connectivity index is 1.77. The van der Waals surface area contributed by atoms with Crippen molar-refractivity contribution in [3.05, 3.63) is 28.9 Å². The summed E-state index contributed by atoms with van der Waals surface area (Å²) in [6, 6.07) is 5.60. The third-order valence-electron chi connectivity index (χ3n) is 3.79. The highest BCUT2D eigenvalue weighted by molar-refractivity contribution is 6.31. The first-order chi connectivity index (χ1) is 9.63. The first-order valence-electron chi connectivity index (χ1n) is 6.76. The average Bonchev–Trinajstić information content (AvgIpc) is 2.84. The summed E-state index contributed by atoms with van der Waals surface area (Å²) in [7, 11) is 2.10. The molecular formula is C14H17ClN4O. The number of nitrogens with zero attached hydrogens (tertiary/aromatic N) is 2. The molecule has 2 heterocycles. The van der Waals surface area contributed by atoms with E-state index in [2.05, 4.69) is 27.5 Å². The van der Waals surface area contributed by atoms with Gasteiger partial charge in [0.15, 0.2) is 5.69 Å². The van der Waals surface area contributed by atoms with E-state index in [4.69, 9.17) is 11.6 Å². The number of piperidine rings is 1. The van der Waals surface area contributed by atoms with E-state index in [1.165, 1.54) is 0 Å². The number of nitrogens with one attached hydrogen (secondary N) is 2. The average molecular weight is 293 g/mol. The van der Waals surface area contributed by atoms with E-state index in [1.54, 1.807) is 12.1 Å². The minimum Gasteiger partial charge on any atom is -0.348 e. The van der Waals surface area contributed by atoms with Crippen LogP contribution in [0.1, 0.15) is 23.3 Å². The van der Waals surface area contributed by atoms with Crippen LogP contribution in [-0.2, 0) is 0 Å². The monoisotopic (exact) mass is 292 g/mol. The number of halogens is 1. The van der Waals surface area contributed by atoms with Crippen LogP contribution in [0.5, 0.6) is 0 Å². The van der Waals surface area contributed by atoms with Crippen molar-refractivity contribution in [2.24, 2.45) is 0 Å². The molecule has 1 fully saturated rings. The van der Waals surface area contributed by atoms with Crippen LogP contribution in [0.3, 0.4) is 0 Å². The molecule has 0 atom stereocenters. The van der Waals surface area contributed by atoms with Crippen molar-refractivity contribution in [1.82, 2.24) is 20.4 Å². The molecule has 5 nitrogen and oxygen atoms in total. The van der Waals surface area contributed by atoms with Crippen LogP contribution in [0.2, 0.25) is 5.02 Å². The summed E-state index contributed by atoms with van der Waals surface area (Å²) >= 11 is 5.98. The molecule has 1 aromatic carbocycles. The highest BCUT2D eigenvalue weighted by Crippen LogP contribution is 2.21. The Morgan fingerprint density at radius 3 is 2.95 bits per heavy atom. The lowest BCUT2D eigenvalue weighted by molar-refractivity contribution is 0.0913. The van der Waals surface area contributed by atoms with Crippen molar-refractivity contribution in [3.8, 4) is 0 Å². The summed E-state index contributed by atoms with van der Waals surface area (Å²) in [5.41, 5.74) is 1.24. The Bertz CT molecular complexity index is 631. The lowest BCUT2D eigenvalue weighted by Gasteiger charge is -2.29. The number of benzene rings is 1. The van der Waals surface area contributed by atoms with Gasteiger partial charge in [-0.3, -0.25) is 9.89 Å². The van der Waals surface area contributed by atoms with Crippen LogP contribution in [-0.4, -0.2) is 47.2 Å². The van der Waals surface area contributed by atoms with Gasteiger partial charge < -0.3 is 10.2 Å². The van der Waals surface area contributed by atoms with E-state index in [-0.39, 0.29) is 11.9 Å². The van der Waals surface area contributed by atoms with Gasteiger partial charge in [-0.25, -0.2) is 0 Å². The highest BCUT2D eigenvalue weighted by Gasteiger charge is 2.21. The molecule has 1 aliphatic heterocycles. The summed E-state index contributed by atoms with van der Waals surface area (Å²) in [5, 5.41) is 11.4. The van der Waals surface area contributed by atoms with Crippen LogP contribution in [0.4, 0.5) is 0 Å². The summed E-state index contributed by atoms with van der Waals surface area (Å²) < 4.78 is 0. The molecule has 6 heteroatoms. The second kappa shape index (κ2) is 5.42. The Hall–Kier alpha value is -1.59. The van der Waals surface area contributed by atoms with Crippen molar-refractivity contribution >= 4 is 28.4 Å². The van der Waals surface area contributed by atoms with Gasteiger partial charge in [0, 0.05) is 16.5 Å². The predicted molar refractivity (Wildman–Crippen MR) is 79.1 cm³/mol. The number of carbonyl (C=O) groups is 1. The maximum atomic E-state index is 12.3. The van der Waals surface area contributed by atoms with E-state index in [9.17, 15) is 4.79 Å². The molecule has 0 radical (unpaired) electrons. The van der Waals surface area contributed by atoms with Crippen molar-refractivity contribution < 1.29 is 4.79 Å². The number of rotatable bonds is 2. The van der Waals surface area contributed by atoms with Crippen LogP contribution >= 0.6 is 11.6 Å². The summed E-state index contributed by atoms with van der Waals surface area (Å²) in [5.74, 6) is -0.131. The maximum Gasteiger partial charge on any atom is 0.272 e. The fourth-order valence-electron chi connectivity index (χ4n) is 2.57. The van der Waals surface area contributed by atoms with Crippen molar-refractivity contribution in [1.29, 1.82) is 0 Å². The topological polar surface area (TPSA) is 61.0 Å². The third-order valence-corrected chi connectivity index (χ3v) is 4.03. The first kappa shape index (κ1) is 13.4. The molecule has 2 aromatic rings. The molecule has 3 rings (SSSR count). The van der Waals surface area contributed by atoms with Crippen molar-refractivity contribution in [3.63, 3.8) is 0 Å². The number of aromatic amines is 1. The largest absolute Gasteiger partial charge is 0.348 e. The first-order valence-corrected chi connectivity index (χ1v) is 7.14. The lowest BCUT2D eigenvalue weighted by atomic mass is 10.1. The molecule has 0 saturated carbocycles. The third kappa shape index (κ3) is 2.64. The lowest BCUT2D eigenvalue weighted by Crippen LogP contribution is -2.43. The molecule has 106 valence electrons. The SMILES string of the molecule is CN1CCC(NC(=O)c2n[nH]c3ccc(Cl)cc23)CC1. The van der Waals surface area contributed by atoms with Gasteiger partial charge in [-0.05, 0) is 51.2 Å². The summed E-state index contributed by atoms with van der Waals surface area (Å²) in [4.78, 5) is 14.6. The molecule has 0 spiro atoms. The molecule has 1 aliphatic rings. The van der Waals surface area contributed by atoms with Gasteiger partial charge in [-0.2, -0.15) is 5.10 Å². The standard InChI is InChI=1S/C14H17ClN4O/c1-19-6-4-10(5-7-19)16-14(20)13-11-8-9(15)2-3-12(11)17-18-13/h2-3,8,10H,4-7H2,1H3,(H,16,20)(H,17,18). The van der Waals surface area contributed by atoms with Gasteiger partial charge in [0.25, 0.3) is 5.91 Å². The molecular weight excluding hydrogens is 276 g/mol. The molecule has 1 amide bonds.